The molecule has 4 rings (SSSR count). The molecular formula is C20H28N2O4. The third-order valence-corrected chi connectivity index (χ3v) is 6.19. The molecule has 0 radical (unpaired) electrons. The van der Waals surface area contributed by atoms with Crippen LogP contribution in [0.1, 0.15) is 23.2 Å². The van der Waals surface area contributed by atoms with Gasteiger partial charge in [-0.3, -0.25) is 4.79 Å². The molecular weight excluding hydrogens is 332 g/mol. The highest BCUT2D eigenvalue weighted by Gasteiger charge is 2.47. The van der Waals surface area contributed by atoms with Crippen LogP contribution in [0.15, 0.2) is 18.2 Å². The molecule has 0 N–H and O–H groups in total. The molecule has 26 heavy (non-hydrogen) atoms. The molecule has 3 aliphatic heterocycles. The first kappa shape index (κ1) is 17.6. The van der Waals surface area contributed by atoms with E-state index in [1.165, 1.54) is 0 Å². The van der Waals surface area contributed by atoms with Crippen LogP contribution in [0.25, 0.3) is 0 Å². The van der Waals surface area contributed by atoms with E-state index in [1.807, 2.05) is 23.1 Å². The van der Waals surface area contributed by atoms with Gasteiger partial charge in [0.15, 0.2) is 11.5 Å². The fourth-order valence-corrected chi connectivity index (χ4v) is 4.87. The van der Waals surface area contributed by atoms with Crippen molar-refractivity contribution in [1.29, 1.82) is 0 Å². The SMILES string of the molecule is COC[C@H]1CN(C)CC12CCN(C(=O)c1cccc3c1OCCO3)CC2. The number of carbonyl (C=O) groups excluding carboxylic acids is 1. The van der Waals surface area contributed by atoms with Crippen molar-refractivity contribution in [3.05, 3.63) is 23.8 Å². The number of nitrogens with zero attached hydrogens (tertiary/aromatic N) is 2. The number of likely N-dealkylation sites (tertiary alicyclic amines) is 2. The summed E-state index contributed by atoms with van der Waals surface area (Å²) < 4.78 is 16.8. The number of rotatable bonds is 3. The standard InChI is InChI=1S/C20H28N2O4/c1-21-12-15(13-24-2)20(14-21)6-8-22(9-7-20)19(23)16-4-3-5-17-18(16)26-11-10-25-17/h3-5,15H,6-14H2,1-2H3/t15-/m1/s1. The molecule has 0 aliphatic carbocycles. The van der Waals surface area contributed by atoms with Crippen molar-refractivity contribution in [2.45, 2.75) is 12.8 Å². The van der Waals surface area contributed by atoms with E-state index in [2.05, 4.69) is 11.9 Å². The minimum atomic E-state index is 0.0526. The van der Waals surface area contributed by atoms with Gasteiger partial charge >= 0.3 is 0 Å². The van der Waals surface area contributed by atoms with Crippen LogP contribution < -0.4 is 9.47 Å². The van der Waals surface area contributed by atoms with Crippen molar-refractivity contribution >= 4 is 5.91 Å². The lowest BCUT2D eigenvalue weighted by Crippen LogP contribution is -2.47. The Labute approximate surface area is 155 Å². The van der Waals surface area contributed by atoms with Gasteiger partial charge < -0.3 is 24.0 Å². The van der Waals surface area contributed by atoms with Gasteiger partial charge in [-0.1, -0.05) is 6.07 Å². The van der Waals surface area contributed by atoms with E-state index in [9.17, 15) is 4.79 Å². The van der Waals surface area contributed by atoms with Crippen molar-refractivity contribution in [3.63, 3.8) is 0 Å². The molecule has 0 bridgehead atoms. The predicted molar refractivity (Wildman–Crippen MR) is 97.9 cm³/mol. The van der Waals surface area contributed by atoms with Crippen LogP contribution in [-0.2, 0) is 4.74 Å². The van der Waals surface area contributed by atoms with Crippen LogP contribution in [0.5, 0.6) is 11.5 Å². The zero-order chi connectivity index (χ0) is 18.1. The number of para-hydroxylation sites is 1. The fourth-order valence-electron chi connectivity index (χ4n) is 4.87. The van der Waals surface area contributed by atoms with Gasteiger partial charge in [-0.05, 0) is 37.4 Å². The summed E-state index contributed by atoms with van der Waals surface area (Å²) in [5, 5.41) is 0. The van der Waals surface area contributed by atoms with E-state index >= 15 is 0 Å². The molecule has 0 saturated carbocycles. The maximum atomic E-state index is 13.1. The van der Waals surface area contributed by atoms with E-state index in [0.29, 0.717) is 36.2 Å². The molecule has 6 nitrogen and oxygen atoms in total. The summed E-state index contributed by atoms with van der Waals surface area (Å²) in [4.78, 5) is 17.5. The van der Waals surface area contributed by atoms with Gasteiger partial charge in [-0.2, -0.15) is 0 Å². The van der Waals surface area contributed by atoms with Gasteiger partial charge in [0.1, 0.15) is 13.2 Å². The highest BCUT2D eigenvalue weighted by atomic mass is 16.6. The molecule has 3 aliphatic rings. The summed E-state index contributed by atoms with van der Waals surface area (Å²) in [5.74, 6) is 1.88. The summed E-state index contributed by atoms with van der Waals surface area (Å²) in [6.07, 6.45) is 2.06. The van der Waals surface area contributed by atoms with Crippen LogP contribution in [0.3, 0.4) is 0 Å². The zero-order valence-corrected chi connectivity index (χ0v) is 15.7. The first-order valence-corrected chi connectivity index (χ1v) is 9.48. The maximum absolute atomic E-state index is 13.1. The van der Waals surface area contributed by atoms with Crippen LogP contribution in [0.2, 0.25) is 0 Å². The van der Waals surface area contributed by atoms with Crippen molar-refractivity contribution < 1.29 is 19.0 Å². The van der Waals surface area contributed by atoms with Crippen molar-refractivity contribution in [2.24, 2.45) is 11.3 Å². The van der Waals surface area contributed by atoms with Gasteiger partial charge in [0.05, 0.1) is 12.2 Å². The first-order chi connectivity index (χ1) is 12.6. The van der Waals surface area contributed by atoms with Crippen molar-refractivity contribution in [1.82, 2.24) is 9.80 Å². The van der Waals surface area contributed by atoms with E-state index in [0.717, 1.165) is 45.6 Å². The molecule has 6 heteroatoms. The largest absolute Gasteiger partial charge is 0.486 e. The molecule has 2 saturated heterocycles. The smallest absolute Gasteiger partial charge is 0.257 e. The number of piperidine rings is 1. The molecule has 1 amide bonds. The predicted octanol–water partition coefficient (Wildman–Crippen LogP) is 1.89. The molecule has 1 spiro atoms. The lowest BCUT2D eigenvalue weighted by molar-refractivity contribution is 0.0321. The van der Waals surface area contributed by atoms with Crippen LogP contribution in [-0.4, -0.2) is 75.9 Å². The molecule has 1 atom stereocenters. The van der Waals surface area contributed by atoms with Gasteiger partial charge in [-0.25, -0.2) is 0 Å². The molecule has 3 heterocycles. The number of fused-ring (bicyclic) bond motifs is 1. The molecule has 142 valence electrons. The van der Waals surface area contributed by atoms with Crippen LogP contribution in [0.4, 0.5) is 0 Å². The van der Waals surface area contributed by atoms with E-state index in [-0.39, 0.29) is 11.3 Å². The number of benzene rings is 1. The second-order valence-corrected chi connectivity index (χ2v) is 7.83. The Hall–Kier alpha value is -1.79. The Morgan fingerprint density at radius 3 is 2.81 bits per heavy atom. The Morgan fingerprint density at radius 2 is 2.04 bits per heavy atom. The van der Waals surface area contributed by atoms with Crippen LogP contribution >= 0.6 is 0 Å². The number of ether oxygens (including phenoxy) is 3. The molecule has 2 fully saturated rings. The minimum absolute atomic E-state index is 0.0526. The second kappa shape index (κ2) is 7.08. The lowest BCUT2D eigenvalue weighted by atomic mass is 9.71. The normalized spacial score (nSPS) is 24.8. The lowest BCUT2D eigenvalue weighted by Gasteiger charge is -2.42. The van der Waals surface area contributed by atoms with Crippen LogP contribution in [0, 0.1) is 11.3 Å². The third kappa shape index (κ3) is 3.05. The number of amides is 1. The average molecular weight is 360 g/mol. The molecule has 0 unspecified atom stereocenters. The quantitative estimate of drug-likeness (QED) is 0.824. The fraction of sp³-hybridized carbons (Fsp3) is 0.650. The number of carbonyl (C=O) groups is 1. The minimum Gasteiger partial charge on any atom is -0.486 e. The summed E-state index contributed by atoms with van der Waals surface area (Å²) in [6, 6.07) is 5.57. The van der Waals surface area contributed by atoms with Crippen molar-refractivity contribution in [2.75, 3.05) is 60.2 Å². The summed E-state index contributed by atoms with van der Waals surface area (Å²) in [6.45, 7) is 5.58. The molecule has 1 aromatic rings. The summed E-state index contributed by atoms with van der Waals surface area (Å²) >= 11 is 0. The number of methoxy groups -OCH3 is 1. The van der Waals surface area contributed by atoms with Gasteiger partial charge in [0.25, 0.3) is 5.91 Å². The molecule has 0 aromatic heterocycles. The maximum Gasteiger partial charge on any atom is 0.257 e. The highest BCUT2D eigenvalue weighted by molar-refractivity contribution is 5.98. The Morgan fingerprint density at radius 1 is 1.27 bits per heavy atom. The number of hydrogen-bond acceptors (Lipinski definition) is 5. The number of hydrogen-bond donors (Lipinski definition) is 0. The van der Waals surface area contributed by atoms with E-state index in [1.54, 1.807) is 7.11 Å². The molecule has 1 aromatic carbocycles. The summed E-state index contributed by atoms with van der Waals surface area (Å²) in [7, 11) is 3.97. The van der Waals surface area contributed by atoms with Gasteiger partial charge in [-0.15, -0.1) is 0 Å². The first-order valence-electron chi connectivity index (χ1n) is 9.48. The van der Waals surface area contributed by atoms with Gasteiger partial charge in [0.2, 0.25) is 0 Å². The Bertz CT molecular complexity index is 670. The Kier molecular flexibility index (Phi) is 4.80. The summed E-state index contributed by atoms with van der Waals surface area (Å²) in [5.41, 5.74) is 0.896. The average Bonchev–Trinajstić information content (AvgIpc) is 2.96. The zero-order valence-electron chi connectivity index (χ0n) is 15.7. The Balaban J connectivity index is 1.48. The van der Waals surface area contributed by atoms with Crippen molar-refractivity contribution in [3.8, 4) is 11.5 Å². The monoisotopic (exact) mass is 360 g/mol. The van der Waals surface area contributed by atoms with E-state index in [4.69, 9.17) is 14.2 Å². The topological polar surface area (TPSA) is 51.2 Å². The van der Waals surface area contributed by atoms with Gasteiger partial charge in [0, 0.05) is 39.2 Å². The third-order valence-electron chi connectivity index (χ3n) is 6.19. The second-order valence-electron chi connectivity index (χ2n) is 7.83. The highest BCUT2D eigenvalue weighted by Crippen LogP contribution is 2.45. The van der Waals surface area contributed by atoms with E-state index < -0.39 is 0 Å².